The molecular weight excluding hydrogens is 430 g/mol. The first-order valence-electron chi connectivity index (χ1n) is 12.2. The Labute approximate surface area is 200 Å². The van der Waals surface area contributed by atoms with Gasteiger partial charge in [0.15, 0.2) is 11.5 Å². The monoisotopic (exact) mass is 461 g/mol. The van der Waals surface area contributed by atoms with Crippen LogP contribution in [-0.2, 0) is 4.79 Å². The molecule has 7 heteroatoms. The zero-order valence-electron chi connectivity index (χ0n) is 19.3. The zero-order chi connectivity index (χ0) is 23.3. The molecule has 3 aliphatic rings. The van der Waals surface area contributed by atoms with Crippen molar-refractivity contribution in [2.24, 2.45) is 5.92 Å². The van der Waals surface area contributed by atoms with Crippen molar-refractivity contribution in [2.45, 2.75) is 38.1 Å². The fourth-order valence-corrected chi connectivity index (χ4v) is 5.22. The van der Waals surface area contributed by atoms with Gasteiger partial charge in [-0.25, -0.2) is 0 Å². The molecule has 0 bridgehead atoms. The van der Waals surface area contributed by atoms with E-state index in [1.54, 1.807) is 30.3 Å². The Balaban J connectivity index is 1.11. The normalized spacial score (nSPS) is 21.8. The molecule has 0 saturated carbocycles. The third-order valence-corrected chi connectivity index (χ3v) is 6.99. The number of nitrogens with one attached hydrogen (secondary N) is 2. The van der Waals surface area contributed by atoms with Gasteiger partial charge in [0.05, 0.1) is 0 Å². The Morgan fingerprint density at radius 2 is 1.79 bits per heavy atom. The third-order valence-electron chi connectivity index (χ3n) is 6.99. The summed E-state index contributed by atoms with van der Waals surface area (Å²) in [6, 6.07) is 13.1. The van der Waals surface area contributed by atoms with Crippen molar-refractivity contribution >= 4 is 23.6 Å². The second-order valence-electron chi connectivity index (χ2n) is 9.22. The van der Waals surface area contributed by atoms with Gasteiger partial charge in [-0.05, 0) is 92.7 Å². The number of carbonyl (C=O) groups excluding carboxylic acids is 2. The minimum Gasteiger partial charge on any atom is -0.454 e. The SMILES string of the molecule is O=C(/C=C/c1ccc2c(c1)OCO2)Nc1ccc(C(=O)NC[C@@H]2CCCN3CCCC[C@H]23)cc1. The third kappa shape index (κ3) is 5.25. The lowest BCUT2D eigenvalue weighted by molar-refractivity contribution is -0.111. The molecule has 5 rings (SSSR count). The van der Waals surface area contributed by atoms with Gasteiger partial charge in [-0.2, -0.15) is 0 Å². The maximum atomic E-state index is 12.7. The van der Waals surface area contributed by atoms with Gasteiger partial charge in [-0.15, -0.1) is 0 Å². The Hall–Kier alpha value is -3.32. The number of anilines is 1. The van der Waals surface area contributed by atoms with Crippen molar-refractivity contribution in [1.82, 2.24) is 10.2 Å². The van der Waals surface area contributed by atoms with E-state index in [4.69, 9.17) is 9.47 Å². The summed E-state index contributed by atoms with van der Waals surface area (Å²) in [5, 5.41) is 5.96. The Bertz CT molecular complexity index is 1060. The molecule has 7 nitrogen and oxygen atoms in total. The van der Waals surface area contributed by atoms with E-state index in [-0.39, 0.29) is 18.6 Å². The average Bonchev–Trinajstić information content (AvgIpc) is 3.34. The molecule has 3 aliphatic heterocycles. The van der Waals surface area contributed by atoms with Crippen molar-refractivity contribution in [3.8, 4) is 11.5 Å². The van der Waals surface area contributed by atoms with E-state index >= 15 is 0 Å². The van der Waals surface area contributed by atoms with Crippen molar-refractivity contribution in [2.75, 3.05) is 31.7 Å². The van der Waals surface area contributed by atoms with Crippen molar-refractivity contribution in [1.29, 1.82) is 0 Å². The number of fused-ring (bicyclic) bond motifs is 2. The summed E-state index contributed by atoms with van der Waals surface area (Å²) in [7, 11) is 0. The molecule has 2 fully saturated rings. The van der Waals surface area contributed by atoms with Crippen LogP contribution in [0.4, 0.5) is 5.69 Å². The lowest BCUT2D eigenvalue weighted by atomic mass is 9.83. The minimum absolute atomic E-state index is 0.0616. The highest BCUT2D eigenvalue weighted by Gasteiger charge is 2.32. The first kappa shape index (κ1) is 22.5. The lowest BCUT2D eigenvalue weighted by Gasteiger charge is -2.44. The van der Waals surface area contributed by atoms with Crippen LogP contribution < -0.4 is 20.1 Å². The standard InChI is InChI=1S/C27H31N3O4/c31-26(13-7-19-6-12-24-25(16-19)34-18-33-24)29-22-10-8-20(9-11-22)27(32)28-17-21-4-3-15-30-14-2-1-5-23(21)30/h6-13,16,21,23H,1-5,14-15,17-18H2,(H,28,32)(H,29,31)/b13-7+/t21-,23+/m0/s1. The molecule has 178 valence electrons. The fraction of sp³-hybridized carbons (Fsp3) is 0.407. The molecule has 34 heavy (non-hydrogen) atoms. The number of carbonyl (C=O) groups is 2. The van der Waals surface area contributed by atoms with E-state index in [1.807, 2.05) is 18.2 Å². The van der Waals surface area contributed by atoms with Crippen LogP contribution in [0.1, 0.15) is 48.0 Å². The summed E-state index contributed by atoms with van der Waals surface area (Å²) in [6.45, 7) is 3.35. The van der Waals surface area contributed by atoms with Crippen LogP contribution in [0.2, 0.25) is 0 Å². The van der Waals surface area contributed by atoms with Gasteiger partial charge in [0.2, 0.25) is 12.7 Å². The molecule has 0 unspecified atom stereocenters. The predicted octanol–water partition coefficient (Wildman–Crippen LogP) is 4.06. The van der Waals surface area contributed by atoms with Gasteiger partial charge in [0.1, 0.15) is 0 Å². The predicted molar refractivity (Wildman–Crippen MR) is 131 cm³/mol. The molecule has 0 aromatic heterocycles. The highest BCUT2D eigenvalue weighted by Crippen LogP contribution is 2.33. The van der Waals surface area contributed by atoms with Crippen LogP contribution in [0.15, 0.2) is 48.5 Å². The quantitative estimate of drug-likeness (QED) is 0.634. The van der Waals surface area contributed by atoms with Gasteiger partial charge >= 0.3 is 0 Å². The maximum absolute atomic E-state index is 12.7. The molecule has 2 atom stereocenters. The second-order valence-corrected chi connectivity index (χ2v) is 9.22. The second kappa shape index (κ2) is 10.3. The number of benzene rings is 2. The summed E-state index contributed by atoms with van der Waals surface area (Å²) in [4.78, 5) is 27.6. The van der Waals surface area contributed by atoms with E-state index in [1.165, 1.54) is 51.3 Å². The smallest absolute Gasteiger partial charge is 0.251 e. The molecule has 2 amide bonds. The van der Waals surface area contributed by atoms with Crippen LogP contribution in [0.25, 0.3) is 6.08 Å². The largest absolute Gasteiger partial charge is 0.454 e. The topological polar surface area (TPSA) is 79.9 Å². The van der Waals surface area contributed by atoms with E-state index in [2.05, 4.69) is 15.5 Å². The molecule has 2 saturated heterocycles. The number of ether oxygens (including phenoxy) is 2. The number of amides is 2. The van der Waals surface area contributed by atoms with Crippen LogP contribution in [0.5, 0.6) is 11.5 Å². The molecular formula is C27H31N3O4. The molecule has 0 spiro atoms. The number of piperidine rings is 2. The molecule has 0 radical (unpaired) electrons. The van der Waals surface area contributed by atoms with Crippen LogP contribution in [0, 0.1) is 5.92 Å². The van der Waals surface area contributed by atoms with Gasteiger partial charge in [0.25, 0.3) is 5.91 Å². The average molecular weight is 462 g/mol. The molecule has 2 aromatic carbocycles. The fourth-order valence-electron chi connectivity index (χ4n) is 5.22. The molecule has 2 N–H and O–H groups in total. The first-order chi connectivity index (χ1) is 16.7. The molecule has 3 heterocycles. The highest BCUT2D eigenvalue weighted by molar-refractivity contribution is 6.02. The van der Waals surface area contributed by atoms with E-state index in [9.17, 15) is 9.59 Å². The first-order valence-corrected chi connectivity index (χ1v) is 12.2. The van der Waals surface area contributed by atoms with Gasteiger partial charge < -0.3 is 25.0 Å². The number of rotatable bonds is 6. The number of hydrogen-bond donors (Lipinski definition) is 2. The van der Waals surface area contributed by atoms with Crippen molar-refractivity contribution in [3.05, 3.63) is 59.7 Å². The lowest BCUT2D eigenvalue weighted by Crippen LogP contribution is -2.51. The van der Waals surface area contributed by atoms with Crippen LogP contribution in [0.3, 0.4) is 0 Å². The number of hydrogen-bond acceptors (Lipinski definition) is 5. The van der Waals surface area contributed by atoms with Gasteiger partial charge in [-0.1, -0.05) is 12.5 Å². The van der Waals surface area contributed by atoms with Crippen molar-refractivity contribution < 1.29 is 19.1 Å². The Morgan fingerprint density at radius 1 is 0.971 bits per heavy atom. The Kier molecular flexibility index (Phi) is 6.81. The van der Waals surface area contributed by atoms with Crippen LogP contribution in [-0.4, -0.2) is 49.2 Å². The van der Waals surface area contributed by atoms with E-state index in [0.29, 0.717) is 34.7 Å². The van der Waals surface area contributed by atoms with E-state index < -0.39 is 0 Å². The summed E-state index contributed by atoms with van der Waals surface area (Å²) >= 11 is 0. The van der Waals surface area contributed by atoms with Gasteiger partial charge in [-0.3, -0.25) is 9.59 Å². The Morgan fingerprint density at radius 3 is 2.68 bits per heavy atom. The summed E-state index contributed by atoms with van der Waals surface area (Å²) < 4.78 is 10.7. The van der Waals surface area contributed by atoms with Crippen LogP contribution >= 0.6 is 0 Å². The van der Waals surface area contributed by atoms with Gasteiger partial charge in [0, 0.05) is 29.9 Å². The minimum atomic E-state index is -0.246. The molecule has 0 aliphatic carbocycles. The summed E-state index contributed by atoms with van der Waals surface area (Å²) in [5.74, 6) is 1.61. The zero-order valence-corrected chi connectivity index (χ0v) is 19.3. The summed E-state index contributed by atoms with van der Waals surface area (Å²) in [6.07, 6.45) is 9.44. The van der Waals surface area contributed by atoms with E-state index in [0.717, 1.165) is 12.1 Å². The maximum Gasteiger partial charge on any atom is 0.251 e. The number of nitrogens with zero attached hydrogens (tertiary/aromatic N) is 1. The molecule has 2 aromatic rings. The van der Waals surface area contributed by atoms with Crippen molar-refractivity contribution in [3.63, 3.8) is 0 Å². The highest BCUT2D eigenvalue weighted by atomic mass is 16.7. The summed E-state index contributed by atoms with van der Waals surface area (Å²) in [5.41, 5.74) is 2.09.